The van der Waals surface area contributed by atoms with Crippen molar-refractivity contribution in [2.75, 3.05) is 7.11 Å². The first-order valence-corrected chi connectivity index (χ1v) is 9.65. The lowest BCUT2D eigenvalue weighted by Gasteiger charge is -2.00. The van der Waals surface area contributed by atoms with Gasteiger partial charge in [0.15, 0.2) is 11.4 Å². The van der Waals surface area contributed by atoms with Gasteiger partial charge >= 0.3 is 0 Å². The molecule has 2 aromatic carbocycles. The van der Waals surface area contributed by atoms with E-state index in [1.54, 1.807) is 18.4 Å². The van der Waals surface area contributed by atoms with E-state index in [9.17, 15) is 4.79 Å². The standard InChI is InChI=1S/C21H16N2O3S/c1-25-15-7-4-13(5-8-15)21-22-17(11-27-21)19-16-10-14(20(24)12-2-3-12)6-9-18(16)26-23-19/h4-12H,2-3H2,1H3. The number of benzene rings is 2. The number of fused-ring (bicyclic) bond motifs is 1. The minimum absolute atomic E-state index is 0.187. The van der Waals surface area contributed by atoms with Crippen LogP contribution in [0.3, 0.4) is 0 Å². The highest BCUT2D eigenvalue weighted by Gasteiger charge is 2.30. The van der Waals surface area contributed by atoms with Gasteiger partial charge in [-0.3, -0.25) is 4.79 Å². The Morgan fingerprint density at radius 2 is 2.00 bits per heavy atom. The van der Waals surface area contributed by atoms with Gasteiger partial charge in [0.1, 0.15) is 22.1 Å². The molecule has 134 valence electrons. The van der Waals surface area contributed by atoms with Crippen molar-refractivity contribution in [2.45, 2.75) is 12.8 Å². The lowest BCUT2D eigenvalue weighted by Crippen LogP contribution is -2.00. The summed E-state index contributed by atoms with van der Waals surface area (Å²) < 4.78 is 10.6. The summed E-state index contributed by atoms with van der Waals surface area (Å²) >= 11 is 1.55. The first kappa shape index (κ1) is 16.2. The average Bonchev–Trinajstić information content (AvgIpc) is 3.30. The molecule has 0 aliphatic heterocycles. The predicted molar refractivity (Wildman–Crippen MR) is 104 cm³/mol. The number of ketones is 1. The van der Waals surface area contributed by atoms with Gasteiger partial charge in [-0.25, -0.2) is 4.98 Å². The van der Waals surface area contributed by atoms with Crippen LogP contribution in [0, 0.1) is 5.92 Å². The largest absolute Gasteiger partial charge is 0.497 e. The van der Waals surface area contributed by atoms with Crippen LogP contribution >= 0.6 is 11.3 Å². The van der Waals surface area contributed by atoms with Crippen LogP contribution in [-0.2, 0) is 0 Å². The number of methoxy groups -OCH3 is 1. The van der Waals surface area contributed by atoms with Crippen molar-refractivity contribution >= 4 is 28.1 Å². The van der Waals surface area contributed by atoms with Gasteiger partial charge in [-0.15, -0.1) is 11.3 Å². The van der Waals surface area contributed by atoms with Gasteiger partial charge in [0.25, 0.3) is 0 Å². The summed E-state index contributed by atoms with van der Waals surface area (Å²) in [5.41, 5.74) is 3.83. The Morgan fingerprint density at radius 3 is 2.74 bits per heavy atom. The second-order valence-corrected chi connectivity index (χ2v) is 7.51. The van der Waals surface area contributed by atoms with Gasteiger partial charge in [-0.1, -0.05) is 5.16 Å². The van der Waals surface area contributed by atoms with Gasteiger partial charge in [0.05, 0.1) is 12.5 Å². The van der Waals surface area contributed by atoms with Crippen LogP contribution in [0.1, 0.15) is 23.2 Å². The molecule has 1 aliphatic carbocycles. The van der Waals surface area contributed by atoms with E-state index in [-0.39, 0.29) is 11.7 Å². The van der Waals surface area contributed by atoms with E-state index in [0.29, 0.717) is 11.3 Å². The molecular formula is C21H16N2O3S. The topological polar surface area (TPSA) is 65.2 Å². The van der Waals surface area contributed by atoms with Crippen molar-refractivity contribution in [1.82, 2.24) is 10.1 Å². The van der Waals surface area contributed by atoms with E-state index in [4.69, 9.17) is 14.2 Å². The summed E-state index contributed by atoms with van der Waals surface area (Å²) in [7, 11) is 1.65. The third-order valence-corrected chi connectivity index (χ3v) is 5.68. The van der Waals surface area contributed by atoms with Crippen LogP contribution < -0.4 is 4.74 Å². The smallest absolute Gasteiger partial charge is 0.167 e. The van der Waals surface area contributed by atoms with Crippen molar-refractivity contribution in [3.63, 3.8) is 0 Å². The summed E-state index contributed by atoms with van der Waals surface area (Å²) in [6.45, 7) is 0. The predicted octanol–water partition coefficient (Wildman–Crippen LogP) is 5.22. The molecule has 4 aromatic rings. The van der Waals surface area contributed by atoms with Crippen LogP contribution in [0.2, 0.25) is 0 Å². The molecule has 1 fully saturated rings. The number of Topliss-reactive ketones (excluding diaryl/α,β-unsaturated/α-hetero) is 1. The van der Waals surface area contributed by atoms with Gasteiger partial charge < -0.3 is 9.26 Å². The van der Waals surface area contributed by atoms with Crippen LogP contribution in [0.4, 0.5) is 0 Å². The highest BCUT2D eigenvalue weighted by atomic mass is 32.1. The maximum Gasteiger partial charge on any atom is 0.167 e. The number of rotatable bonds is 5. The van der Waals surface area contributed by atoms with E-state index in [1.807, 2.05) is 47.8 Å². The Hall–Kier alpha value is -2.99. The fourth-order valence-electron chi connectivity index (χ4n) is 3.11. The Kier molecular flexibility index (Phi) is 3.79. The second kappa shape index (κ2) is 6.32. The molecule has 0 saturated heterocycles. The number of hydrogen-bond acceptors (Lipinski definition) is 6. The number of carbonyl (C=O) groups is 1. The number of carbonyl (C=O) groups excluding carboxylic acids is 1. The fraction of sp³-hybridized carbons (Fsp3) is 0.190. The van der Waals surface area contributed by atoms with Crippen molar-refractivity contribution < 1.29 is 14.1 Å². The quantitative estimate of drug-likeness (QED) is 0.447. The number of aromatic nitrogens is 2. The molecule has 1 aliphatic rings. The zero-order valence-electron chi connectivity index (χ0n) is 14.6. The van der Waals surface area contributed by atoms with Crippen molar-refractivity contribution in [2.24, 2.45) is 5.92 Å². The lowest BCUT2D eigenvalue weighted by molar-refractivity contribution is 0.0968. The second-order valence-electron chi connectivity index (χ2n) is 6.65. The fourth-order valence-corrected chi connectivity index (χ4v) is 3.92. The SMILES string of the molecule is COc1ccc(-c2nc(-c3noc4ccc(C(=O)C5CC5)cc34)cs2)cc1. The molecule has 0 unspecified atom stereocenters. The van der Waals surface area contributed by atoms with Crippen molar-refractivity contribution in [3.05, 3.63) is 53.4 Å². The van der Waals surface area contributed by atoms with Gasteiger partial charge in [0.2, 0.25) is 0 Å². The molecule has 5 nitrogen and oxygen atoms in total. The van der Waals surface area contributed by atoms with Crippen molar-refractivity contribution in [1.29, 1.82) is 0 Å². The number of hydrogen-bond donors (Lipinski definition) is 0. The third-order valence-electron chi connectivity index (χ3n) is 4.79. The summed E-state index contributed by atoms with van der Waals surface area (Å²) in [4.78, 5) is 17.1. The monoisotopic (exact) mass is 376 g/mol. The van der Waals surface area contributed by atoms with Gasteiger partial charge in [0, 0.05) is 22.4 Å². The molecule has 0 atom stereocenters. The maximum absolute atomic E-state index is 12.4. The first-order valence-electron chi connectivity index (χ1n) is 8.77. The van der Waals surface area contributed by atoms with Crippen LogP contribution in [0.25, 0.3) is 32.9 Å². The zero-order chi connectivity index (χ0) is 18.4. The first-order chi connectivity index (χ1) is 13.2. The normalized spacial score (nSPS) is 13.8. The summed E-state index contributed by atoms with van der Waals surface area (Å²) in [6.07, 6.45) is 1.98. The van der Waals surface area contributed by atoms with E-state index < -0.39 is 0 Å². The average molecular weight is 376 g/mol. The highest BCUT2D eigenvalue weighted by molar-refractivity contribution is 7.13. The molecule has 0 amide bonds. The zero-order valence-corrected chi connectivity index (χ0v) is 15.5. The molecule has 2 heterocycles. The Balaban J connectivity index is 1.52. The van der Waals surface area contributed by atoms with E-state index in [0.717, 1.165) is 45.8 Å². The van der Waals surface area contributed by atoms with E-state index >= 15 is 0 Å². The van der Waals surface area contributed by atoms with E-state index in [1.165, 1.54) is 0 Å². The molecule has 0 N–H and O–H groups in total. The summed E-state index contributed by atoms with van der Waals surface area (Å²) in [5, 5.41) is 7.89. The van der Waals surface area contributed by atoms with Crippen LogP contribution in [-0.4, -0.2) is 23.0 Å². The Labute approximate surface area is 159 Å². The van der Waals surface area contributed by atoms with Gasteiger partial charge in [-0.05, 0) is 55.3 Å². The van der Waals surface area contributed by atoms with Crippen LogP contribution in [0.15, 0.2) is 52.4 Å². The molecule has 0 radical (unpaired) electrons. The lowest BCUT2D eigenvalue weighted by atomic mass is 10.0. The minimum atomic E-state index is 0.187. The van der Waals surface area contributed by atoms with Gasteiger partial charge in [-0.2, -0.15) is 0 Å². The molecule has 1 saturated carbocycles. The number of thiazole rings is 1. The third kappa shape index (κ3) is 2.92. The Morgan fingerprint density at radius 1 is 1.19 bits per heavy atom. The highest BCUT2D eigenvalue weighted by Crippen LogP contribution is 2.36. The molecule has 6 heteroatoms. The minimum Gasteiger partial charge on any atom is -0.497 e. The Bertz CT molecular complexity index is 1140. The van der Waals surface area contributed by atoms with E-state index in [2.05, 4.69) is 5.16 Å². The molecule has 0 spiro atoms. The molecular weight excluding hydrogens is 360 g/mol. The molecule has 5 rings (SSSR count). The molecule has 27 heavy (non-hydrogen) atoms. The molecule has 2 aromatic heterocycles. The number of nitrogens with zero attached hydrogens (tertiary/aromatic N) is 2. The summed E-state index contributed by atoms with van der Waals surface area (Å²) in [6, 6.07) is 13.3. The maximum atomic E-state index is 12.4. The van der Waals surface area contributed by atoms with Crippen LogP contribution in [0.5, 0.6) is 5.75 Å². The number of ether oxygens (including phenoxy) is 1. The van der Waals surface area contributed by atoms with Crippen molar-refractivity contribution in [3.8, 4) is 27.7 Å². The molecule has 0 bridgehead atoms. The summed E-state index contributed by atoms with van der Waals surface area (Å²) in [5.74, 6) is 1.21.